The van der Waals surface area contributed by atoms with E-state index in [1.54, 1.807) is 18.2 Å². The zero-order valence-electron chi connectivity index (χ0n) is 13.1. The topological polar surface area (TPSA) is 67.6 Å². The molecular weight excluding hydrogens is 306 g/mol. The Kier molecular flexibility index (Phi) is 3.88. The number of amides is 1. The van der Waals surface area contributed by atoms with Crippen LogP contribution in [0.3, 0.4) is 0 Å². The lowest BCUT2D eigenvalue weighted by Gasteiger charge is -2.30. The highest BCUT2D eigenvalue weighted by Crippen LogP contribution is 2.27. The Hall–Kier alpha value is -2.86. The number of carbonyl (C=O) groups is 1. The fourth-order valence-electron chi connectivity index (χ4n) is 2.85. The lowest BCUT2D eigenvalue weighted by molar-refractivity contribution is 0.102. The zero-order chi connectivity index (χ0) is 16.4. The molecule has 6 heteroatoms. The van der Waals surface area contributed by atoms with Crippen LogP contribution in [-0.4, -0.2) is 37.2 Å². The van der Waals surface area contributed by atoms with E-state index >= 15 is 0 Å². The van der Waals surface area contributed by atoms with Crippen molar-refractivity contribution < 1.29 is 13.9 Å². The van der Waals surface area contributed by atoms with E-state index in [9.17, 15) is 4.79 Å². The molecule has 2 heterocycles. The Morgan fingerprint density at radius 2 is 1.96 bits per heavy atom. The van der Waals surface area contributed by atoms with Gasteiger partial charge in [0.15, 0.2) is 12.0 Å². The van der Waals surface area contributed by atoms with Gasteiger partial charge >= 0.3 is 0 Å². The largest absolute Gasteiger partial charge is 0.443 e. The molecule has 0 aliphatic carbocycles. The van der Waals surface area contributed by atoms with Gasteiger partial charge in [0.25, 0.3) is 5.91 Å². The van der Waals surface area contributed by atoms with E-state index in [1.165, 1.54) is 6.39 Å². The molecule has 0 unspecified atom stereocenters. The highest BCUT2D eigenvalue weighted by molar-refractivity contribution is 6.07. The molecule has 2 aromatic carbocycles. The minimum absolute atomic E-state index is 0.166. The molecule has 1 saturated heterocycles. The maximum absolute atomic E-state index is 12.6. The van der Waals surface area contributed by atoms with Gasteiger partial charge in [0.2, 0.25) is 0 Å². The number of nitrogens with zero attached hydrogens (tertiary/aromatic N) is 2. The third-order valence-electron chi connectivity index (χ3n) is 4.10. The molecule has 122 valence electrons. The summed E-state index contributed by atoms with van der Waals surface area (Å²) in [4.78, 5) is 18.9. The Balaban J connectivity index is 1.59. The minimum atomic E-state index is -0.166. The molecule has 4 rings (SSSR count). The van der Waals surface area contributed by atoms with Crippen LogP contribution in [0, 0.1) is 0 Å². The van der Waals surface area contributed by atoms with Crippen LogP contribution in [0.15, 0.2) is 53.3 Å². The van der Waals surface area contributed by atoms with Crippen LogP contribution < -0.4 is 10.2 Å². The summed E-state index contributed by atoms with van der Waals surface area (Å²) in [6.07, 6.45) is 1.38. The van der Waals surface area contributed by atoms with Crippen LogP contribution in [0.1, 0.15) is 10.4 Å². The Bertz CT molecular complexity index is 869. The van der Waals surface area contributed by atoms with Gasteiger partial charge in [-0.2, -0.15) is 0 Å². The first kappa shape index (κ1) is 14.7. The number of morpholine rings is 1. The fourth-order valence-corrected chi connectivity index (χ4v) is 2.85. The minimum Gasteiger partial charge on any atom is -0.443 e. The number of para-hydroxylation sites is 2. The van der Waals surface area contributed by atoms with Gasteiger partial charge < -0.3 is 19.4 Å². The Morgan fingerprint density at radius 1 is 1.12 bits per heavy atom. The number of carbonyl (C=O) groups excluding carboxylic acids is 1. The third kappa shape index (κ3) is 2.83. The standard InChI is InChI=1S/C18H17N3O3/c22-18(13-5-6-17-15(11-13)19-12-24-17)20-14-3-1-2-4-16(14)21-7-9-23-10-8-21/h1-6,11-12H,7-10H2,(H,20,22). The Morgan fingerprint density at radius 3 is 2.83 bits per heavy atom. The zero-order valence-corrected chi connectivity index (χ0v) is 13.1. The van der Waals surface area contributed by atoms with Crippen LogP contribution in [0.4, 0.5) is 11.4 Å². The first-order chi connectivity index (χ1) is 11.8. The van der Waals surface area contributed by atoms with Gasteiger partial charge in [-0.1, -0.05) is 12.1 Å². The number of ether oxygens (including phenoxy) is 1. The second-order valence-electron chi connectivity index (χ2n) is 5.61. The predicted molar refractivity (Wildman–Crippen MR) is 91.4 cm³/mol. The van der Waals surface area contributed by atoms with E-state index in [4.69, 9.17) is 9.15 Å². The van der Waals surface area contributed by atoms with E-state index < -0.39 is 0 Å². The number of rotatable bonds is 3. The molecule has 0 radical (unpaired) electrons. The average molecular weight is 323 g/mol. The summed E-state index contributed by atoms with van der Waals surface area (Å²) in [6, 6.07) is 13.0. The van der Waals surface area contributed by atoms with Gasteiger partial charge in [-0.05, 0) is 30.3 Å². The summed E-state index contributed by atoms with van der Waals surface area (Å²) < 4.78 is 10.6. The Labute approximate surface area is 139 Å². The molecule has 1 aliphatic heterocycles. The van der Waals surface area contributed by atoms with Gasteiger partial charge in [-0.25, -0.2) is 4.98 Å². The van der Waals surface area contributed by atoms with E-state index in [2.05, 4.69) is 15.2 Å². The first-order valence-electron chi connectivity index (χ1n) is 7.87. The third-order valence-corrected chi connectivity index (χ3v) is 4.10. The maximum atomic E-state index is 12.6. The van der Waals surface area contributed by atoms with Crippen molar-refractivity contribution in [1.82, 2.24) is 4.98 Å². The SMILES string of the molecule is O=C(Nc1ccccc1N1CCOCC1)c1ccc2ocnc2c1. The smallest absolute Gasteiger partial charge is 0.255 e. The lowest BCUT2D eigenvalue weighted by atomic mass is 10.1. The van der Waals surface area contributed by atoms with Crippen molar-refractivity contribution in [2.45, 2.75) is 0 Å². The maximum Gasteiger partial charge on any atom is 0.255 e. The predicted octanol–water partition coefficient (Wildman–Crippen LogP) is 2.92. The molecular formula is C18H17N3O3. The van der Waals surface area contributed by atoms with Crippen molar-refractivity contribution >= 4 is 28.4 Å². The molecule has 0 atom stereocenters. The van der Waals surface area contributed by atoms with Gasteiger partial charge in [0, 0.05) is 18.7 Å². The van der Waals surface area contributed by atoms with Crippen molar-refractivity contribution in [3.63, 3.8) is 0 Å². The fraction of sp³-hybridized carbons (Fsp3) is 0.222. The van der Waals surface area contributed by atoms with E-state index in [-0.39, 0.29) is 5.91 Å². The first-order valence-corrected chi connectivity index (χ1v) is 7.87. The monoisotopic (exact) mass is 323 g/mol. The second-order valence-corrected chi connectivity index (χ2v) is 5.61. The number of aromatic nitrogens is 1. The lowest BCUT2D eigenvalue weighted by Crippen LogP contribution is -2.36. The van der Waals surface area contributed by atoms with Crippen LogP contribution in [0.2, 0.25) is 0 Å². The van der Waals surface area contributed by atoms with Crippen LogP contribution >= 0.6 is 0 Å². The summed E-state index contributed by atoms with van der Waals surface area (Å²) in [5.74, 6) is -0.166. The number of nitrogens with one attached hydrogen (secondary N) is 1. The summed E-state index contributed by atoms with van der Waals surface area (Å²) >= 11 is 0. The van der Waals surface area contributed by atoms with Crippen molar-refractivity contribution in [3.05, 3.63) is 54.4 Å². The molecule has 0 bridgehead atoms. The van der Waals surface area contributed by atoms with Crippen molar-refractivity contribution in [2.75, 3.05) is 36.5 Å². The van der Waals surface area contributed by atoms with Crippen molar-refractivity contribution in [1.29, 1.82) is 0 Å². The molecule has 1 aliphatic rings. The molecule has 1 amide bonds. The highest BCUT2D eigenvalue weighted by Gasteiger charge is 2.16. The molecule has 24 heavy (non-hydrogen) atoms. The molecule has 3 aromatic rings. The molecule has 6 nitrogen and oxygen atoms in total. The summed E-state index contributed by atoms with van der Waals surface area (Å²) in [5, 5.41) is 3.00. The van der Waals surface area contributed by atoms with Crippen LogP contribution in [0.25, 0.3) is 11.1 Å². The highest BCUT2D eigenvalue weighted by atomic mass is 16.5. The normalized spacial score (nSPS) is 14.8. The van der Waals surface area contributed by atoms with E-state index in [1.807, 2.05) is 24.3 Å². The van der Waals surface area contributed by atoms with Gasteiger partial charge in [0.05, 0.1) is 24.6 Å². The summed E-state index contributed by atoms with van der Waals surface area (Å²) in [5.41, 5.74) is 3.69. The molecule has 1 aromatic heterocycles. The molecule has 0 saturated carbocycles. The number of hydrogen-bond acceptors (Lipinski definition) is 5. The molecule has 0 spiro atoms. The average Bonchev–Trinajstić information content (AvgIpc) is 3.10. The van der Waals surface area contributed by atoms with E-state index in [0.717, 1.165) is 24.5 Å². The van der Waals surface area contributed by atoms with E-state index in [0.29, 0.717) is 29.9 Å². The number of fused-ring (bicyclic) bond motifs is 1. The number of benzene rings is 2. The van der Waals surface area contributed by atoms with Gasteiger partial charge in [0.1, 0.15) is 5.52 Å². The van der Waals surface area contributed by atoms with Crippen LogP contribution in [-0.2, 0) is 4.74 Å². The van der Waals surface area contributed by atoms with Crippen molar-refractivity contribution in [2.24, 2.45) is 0 Å². The van der Waals surface area contributed by atoms with Gasteiger partial charge in [-0.15, -0.1) is 0 Å². The number of oxazole rings is 1. The van der Waals surface area contributed by atoms with Gasteiger partial charge in [-0.3, -0.25) is 4.79 Å². The second kappa shape index (κ2) is 6.33. The number of hydrogen-bond donors (Lipinski definition) is 1. The summed E-state index contributed by atoms with van der Waals surface area (Å²) in [7, 11) is 0. The van der Waals surface area contributed by atoms with Crippen LogP contribution in [0.5, 0.6) is 0 Å². The quantitative estimate of drug-likeness (QED) is 0.803. The summed E-state index contributed by atoms with van der Waals surface area (Å²) in [6.45, 7) is 3.03. The molecule has 1 N–H and O–H groups in total. The van der Waals surface area contributed by atoms with Crippen molar-refractivity contribution in [3.8, 4) is 0 Å². The number of anilines is 2. The molecule has 1 fully saturated rings.